The van der Waals surface area contributed by atoms with Crippen molar-refractivity contribution in [3.63, 3.8) is 0 Å². The summed E-state index contributed by atoms with van der Waals surface area (Å²) in [5.41, 5.74) is 1.23. The van der Waals surface area contributed by atoms with Crippen LogP contribution >= 0.6 is 0 Å². The fourth-order valence-electron chi connectivity index (χ4n) is 0.946. The molecular formula is C13H14Cr. The molecule has 1 aliphatic carbocycles. The molecule has 2 rings (SSSR count). The zero-order chi connectivity index (χ0) is 9.36. The Morgan fingerprint density at radius 2 is 1.93 bits per heavy atom. The summed E-state index contributed by atoms with van der Waals surface area (Å²) in [4.78, 5) is 0. The van der Waals surface area contributed by atoms with Gasteiger partial charge in [0.05, 0.1) is 0 Å². The molecule has 1 aliphatic rings. The van der Waals surface area contributed by atoms with E-state index in [9.17, 15) is 0 Å². The van der Waals surface area contributed by atoms with Crippen LogP contribution in [0.5, 0.6) is 0 Å². The minimum Gasteiger partial charge on any atom is -0.268 e. The van der Waals surface area contributed by atoms with Crippen LogP contribution in [0.25, 0.3) is 0 Å². The fourth-order valence-corrected chi connectivity index (χ4v) is 0.946. The van der Waals surface area contributed by atoms with E-state index in [0.717, 1.165) is 6.42 Å². The largest absolute Gasteiger partial charge is 2.00 e. The van der Waals surface area contributed by atoms with Gasteiger partial charge >= 0.3 is 17.4 Å². The van der Waals surface area contributed by atoms with Crippen LogP contribution in [-0.4, -0.2) is 0 Å². The van der Waals surface area contributed by atoms with E-state index in [1.54, 1.807) is 0 Å². The Hall–Kier alpha value is -0.898. The molecule has 0 unspecified atom stereocenters. The molecule has 0 radical (unpaired) electrons. The molecule has 0 saturated carbocycles. The third-order valence-electron chi connectivity index (χ3n) is 1.65. The minimum atomic E-state index is 0. The zero-order valence-corrected chi connectivity index (χ0v) is 9.59. The monoisotopic (exact) mass is 222 g/mol. The van der Waals surface area contributed by atoms with Gasteiger partial charge in [0, 0.05) is 0 Å². The SMILES string of the molecule is CC1=[C-]CC=CC=C1.[Cr+2].c1cc[cH-]c1. The molecule has 72 valence electrons. The molecule has 0 N–H and O–H groups in total. The summed E-state index contributed by atoms with van der Waals surface area (Å²) in [6.07, 6.45) is 12.4. The average Bonchev–Trinajstić information content (AvgIpc) is 2.62. The molecule has 1 heteroatoms. The van der Waals surface area contributed by atoms with Crippen molar-refractivity contribution in [3.05, 3.63) is 66.3 Å². The molecule has 0 nitrogen and oxygen atoms in total. The van der Waals surface area contributed by atoms with Gasteiger partial charge in [0.1, 0.15) is 0 Å². The van der Waals surface area contributed by atoms with Gasteiger partial charge in [-0.3, -0.25) is 6.08 Å². The van der Waals surface area contributed by atoms with Gasteiger partial charge < -0.3 is 0 Å². The van der Waals surface area contributed by atoms with E-state index in [0.29, 0.717) is 0 Å². The Labute approximate surface area is 97.1 Å². The van der Waals surface area contributed by atoms with Crippen molar-refractivity contribution in [2.24, 2.45) is 0 Å². The molecule has 0 atom stereocenters. The molecule has 1 aromatic rings. The summed E-state index contributed by atoms with van der Waals surface area (Å²) in [6, 6.07) is 10.0. The first-order valence-corrected chi connectivity index (χ1v) is 4.47. The molecule has 0 heterocycles. The van der Waals surface area contributed by atoms with Crippen molar-refractivity contribution in [3.8, 4) is 0 Å². The third-order valence-corrected chi connectivity index (χ3v) is 1.65. The molecule has 0 aromatic heterocycles. The number of allylic oxidation sites excluding steroid dienone is 6. The first-order chi connectivity index (χ1) is 6.39. The number of hydrogen-bond acceptors (Lipinski definition) is 0. The zero-order valence-electron chi connectivity index (χ0n) is 8.31. The van der Waals surface area contributed by atoms with Gasteiger partial charge in [-0.1, -0.05) is 25.5 Å². The molecule has 0 bridgehead atoms. The molecule has 14 heavy (non-hydrogen) atoms. The van der Waals surface area contributed by atoms with Gasteiger partial charge in [0.15, 0.2) is 0 Å². The van der Waals surface area contributed by atoms with Crippen molar-refractivity contribution < 1.29 is 17.4 Å². The van der Waals surface area contributed by atoms with Crippen LogP contribution in [-0.2, 0) is 17.4 Å². The summed E-state index contributed by atoms with van der Waals surface area (Å²) < 4.78 is 0. The van der Waals surface area contributed by atoms with Gasteiger partial charge in [-0.25, -0.2) is 23.8 Å². The van der Waals surface area contributed by atoms with Crippen molar-refractivity contribution in [1.82, 2.24) is 0 Å². The predicted octanol–water partition coefficient (Wildman–Crippen LogP) is 3.65. The summed E-state index contributed by atoms with van der Waals surface area (Å²) in [6.45, 7) is 2.06. The summed E-state index contributed by atoms with van der Waals surface area (Å²) in [5, 5.41) is 0. The second kappa shape index (κ2) is 8.69. The van der Waals surface area contributed by atoms with E-state index < -0.39 is 0 Å². The van der Waals surface area contributed by atoms with E-state index in [1.165, 1.54) is 5.57 Å². The molecule has 0 saturated heterocycles. The maximum atomic E-state index is 3.19. The van der Waals surface area contributed by atoms with Crippen molar-refractivity contribution in [2.45, 2.75) is 13.3 Å². The van der Waals surface area contributed by atoms with E-state index in [2.05, 4.69) is 25.2 Å². The van der Waals surface area contributed by atoms with E-state index >= 15 is 0 Å². The van der Waals surface area contributed by atoms with Crippen LogP contribution in [0.15, 0.2) is 60.2 Å². The summed E-state index contributed by atoms with van der Waals surface area (Å²) in [7, 11) is 0. The van der Waals surface area contributed by atoms with Crippen LogP contribution in [0.2, 0.25) is 0 Å². The van der Waals surface area contributed by atoms with Crippen molar-refractivity contribution in [2.75, 3.05) is 0 Å². The minimum absolute atomic E-state index is 0. The van der Waals surface area contributed by atoms with Crippen LogP contribution in [0.4, 0.5) is 0 Å². The molecule has 0 spiro atoms. The quantitative estimate of drug-likeness (QED) is 0.588. The standard InChI is InChI=1S/C8H9.C5H5.Cr/c1-8-6-4-2-3-5-7-8;1-2-4-5-3-1;/h2-4,6H,5H2,1H3;1-5H;/q2*-1;+2. The van der Waals surface area contributed by atoms with Gasteiger partial charge in [-0.05, 0) is 0 Å². The van der Waals surface area contributed by atoms with Gasteiger partial charge in [0.25, 0.3) is 0 Å². The maximum absolute atomic E-state index is 3.19. The second-order valence-electron chi connectivity index (χ2n) is 2.81. The van der Waals surface area contributed by atoms with E-state index in [4.69, 9.17) is 0 Å². The van der Waals surface area contributed by atoms with E-state index in [1.807, 2.05) is 42.5 Å². The Morgan fingerprint density at radius 3 is 2.50 bits per heavy atom. The Kier molecular flexibility index (Phi) is 8.13. The Bertz CT molecular complexity index is 269. The smallest absolute Gasteiger partial charge is 0.268 e. The summed E-state index contributed by atoms with van der Waals surface area (Å²) in [5.74, 6) is 0. The van der Waals surface area contributed by atoms with Gasteiger partial charge in [-0.2, -0.15) is 18.2 Å². The number of hydrogen-bond donors (Lipinski definition) is 0. The van der Waals surface area contributed by atoms with Crippen molar-refractivity contribution in [1.29, 1.82) is 0 Å². The fraction of sp³-hybridized carbons (Fsp3) is 0.154. The number of rotatable bonds is 0. The van der Waals surface area contributed by atoms with Crippen molar-refractivity contribution >= 4 is 0 Å². The molecular weight excluding hydrogens is 208 g/mol. The topological polar surface area (TPSA) is 0 Å². The molecule has 0 amide bonds. The predicted molar refractivity (Wildman–Crippen MR) is 57.4 cm³/mol. The summed E-state index contributed by atoms with van der Waals surface area (Å²) >= 11 is 0. The normalized spacial score (nSPS) is 13.1. The average molecular weight is 222 g/mol. The third kappa shape index (κ3) is 6.60. The Balaban J connectivity index is 0.000000246. The van der Waals surface area contributed by atoms with Crippen LogP contribution in [0, 0.1) is 6.08 Å². The first kappa shape index (κ1) is 13.1. The molecule has 0 fully saturated rings. The first-order valence-electron chi connectivity index (χ1n) is 4.47. The second-order valence-corrected chi connectivity index (χ2v) is 2.81. The van der Waals surface area contributed by atoms with Crippen LogP contribution < -0.4 is 0 Å². The van der Waals surface area contributed by atoms with E-state index in [-0.39, 0.29) is 17.4 Å². The maximum Gasteiger partial charge on any atom is 2.00 e. The van der Waals surface area contributed by atoms with Crippen LogP contribution in [0.3, 0.4) is 0 Å². The Morgan fingerprint density at radius 1 is 1.21 bits per heavy atom. The molecule has 0 aliphatic heterocycles. The van der Waals surface area contributed by atoms with Crippen LogP contribution in [0.1, 0.15) is 13.3 Å². The molecule has 1 aromatic carbocycles. The van der Waals surface area contributed by atoms with Gasteiger partial charge in [0.2, 0.25) is 0 Å². The van der Waals surface area contributed by atoms with Gasteiger partial charge in [-0.15, -0.1) is 6.08 Å².